The maximum atomic E-state index is 13.3. The predicted octanol–water partition coefficient (Wildman–Crippen LogP) is 0.929. The van der Waals surface area contributed by atoms with Crippen molar-refractivity contribution in [2.75, 3.05) is 11.9 Å². The Morgan fingerprint density at radius 1 is 1.20 bits per heavy atom. The molecule has 1 atom stereocenters. The lowest BCUT2D eigenvalue weighted by molar-refractivity contribution is -0.136. The summed E-state index contributed by atoms with van der Waals surface area (Å²) in [6.07, 6.45) is 0.370. The molecule has 0 heterocycles. The Kier molecular flexibility index (Phi) is 5.51. The highest BCUT2D eigenvalue weighted by Gasteiger charge is 2.21. The largest absolute Gasteiger partial charge is 0.394 e. The van der Waals surface area contributed by atoms with E-state index in [2.05, 4.69) is 5.32 Å². The van der Waals surface area contributed by atoms with Crippen LogP contribution in [0.15, 0.2) is 12.1 Å². The molecule has 2 amide bonds. The molecule has 0 aliphatic rings. The van der Waals surface area contributed by atoms with Gasteiger partial charge in [0.15, 0.2) is 11.6 Å². The number of hydrogen-bond donors (Lipinski definition) is 3. The number of nitrogens with one attached hydrogen (secondary N) is 2. The molecule has 0 saturated carbocycles. The lowest BCUT2D eigenvalue weighted by atomic mass is 10.2. The van der Waals surface area contributed by atoms with Crippen molar-refractivity contribution in [2.24, 2.45) is 0 Å². The summed E-state index contributed by atoms with van der Waals surface area (Å²) < 4.78 is 39.2. The second-order valence-electron chi connectivity index (χ2n) is 3.96. The first kappa shape index (κ1) is 16.0. The average Bonchev–Trinajstić information content (AvgIpc) is 2.39. The first-order valence-electron chi connectivity index (χ1n) is 5.76. The summed E-state index contributed by atoms with van der Waals surface area (Å²) in [5, 5.41) is 12.7. The normalized spacial score (nSPS) is 11.8. The standard InChI is InChI=1S/C12H13F3N2O3/c1-2-7(5-18)16-11(19)12(20)17-10-8(14)3-6(13)4-9(10)15/h3-4,7,18H,2,5H2,1H3,(H,16,19)(H,17,20). The van der Waals surface area contributed by atoms with Crippen molar-refractivity contribution in [1.82, 2.24) is 5.32 Å². The van der Waals surface area contributed by atoms with E-state index in [-0.39, 0.29) is 6.61 Å². The second-order valence-corrected chi connectivity index (χ2v) is 3.96. The van der Waals surface area contributed by atoms with Gasteiger partial charge in [-0.2, -0.15) is 0 Å². The molecule has 0 aromatic heterocycles. The average molecular weight is 290 g/mol. The van der Waals surface area contributed by atoms with Crippen LogP contribution < -0.4 is 10.6 Å². The molecule has 0 bridgehead atoms. The second kappa shape index (κ2) is 6.90. The van der Waals surface area contributed by atoms with Gasteiger partial charge in [-0.15, -0.1) is 0 Å². The lowest BCUT2D eigenvalue weighted by Crippen LogP contribution is -2.43. The molecule has 1 rings (SSSR count). The fourth-order valence-electron chi connectivity index (χ4n) is 1.36. The van der Waals surface area contributed by atoms with Gasteiger partial charge in [-0.25, -0.2) is 13.2 Å². The van der Waals surface area contributed by atoms with Crippen molar-refractivity contribution in [3.8, 4) is 0 Å². The van der Waals surface area contributed by atoms with E-state index in [1.807, 2.05) is 0 Å². The highest BCUT2D eigenvalue weighted by molar-refractivity contribution is 6.39. The summed E-state index contributed by atoms with van der Waals surface area (Å²) in [6, 6.07) is 0.106. The number of benzene rings is 1. The number of halogens is 3. The summed E-state index contributed by atoms with van der Waals surface area (Å²) in [6.45, 7) is 1.28. The van der Waals surface area contributed by atoms with Crippen LogP contribution in [-0.4, -0.2) is 29.6 Å². The summed E-state index contributed by atoms with van der Waals surface area (Å²) in [7, 11) is 0. The van der Waals surface area contributed by atoms with Crippen LogP contribution in [0.4, 0.5) is 18.9 Å². The maximum Gasteiger partial charge on any atom is 0.313 e. The van der Waals surface area contributed by atoms with E-state index in [1.54, 1.807) is 12.2 Å². The molecule has 1 aromatic carbocycles. The van der Waals surface area contributed by atoms with Crippen LogP contribution in [0, 0.1) is 17.5 Å². The van der Waals surface area contributed by atoms with E-state index in [9.17, 15) is 22.8 Å². The number of carbonyl (C=O) groups excluding carboxylic acids is 2. The molecule has 0 fully saturated rings. The number of aliphatic hydroxyl groups is 1. The zero-order valence-electron chi connectivity index (χ0n) is 10.5. The van der Waals surface area contributed by atoms with Crippen LogP contribution in [0.1, 0.15) is 13.3 Å². The Bertz CT molecular complexity index is 496. The van der Waals surface area contributed by atoms with Crippen molar-refractivity contribution in [2.45, 2.75) is 19.4 Å². The third kappa shape index (κ3) is 3.95. The van der Waals surface area contributed by atoms with Crippen LogP contribution >= 0.6 is 0 Å². The van der Waals surface area contributed by atoms with Crippen molar-refractivity contribution >= 4 is 17.5 Å². The Morgan fingerprint density at radius 3 is 2.20 bits per heavy atom. The highest BCUT2D eigenvalue weighted by Crippen LogP contribution is 2.19. The fraction of sp³-hybridized carbons (Fsp3) is 0.333. The molecule has 0 aliphatic heterocycles. The van der Waals surface area contributed by atoms with Gasteiger partial charge in [0.25, 0.3) is 0 Å². The van der Waals surface area contributed by atoms with Gasteiger partial charge in [-0.3, -0.25) is 9.59 Å². The zero-order valence-corrected chi connectivity index (χ0v) is 10.5. The Labute approximate surface area is 112 Å². The van der Waals surface area contributed by atoms with Crippen LogP contribution in [-0.2, 0) is 9.59 Å². The number of hydrogen-bond acceptors (Lipinski definition) is 3. The van der Waals surface area contributed by atoms with Gasteiger partial charge in [0.2, 0.25) is 0 Å². The monoisotopic (exact) mass is 290 g/mol. The van der Waals surface area contributed by atoms with Gasteiger partial charge < -0.3 is 15.7 Å². The van der Waals surface area contributed by atoms with E-state index >= 15 is 0 Å². The number of carbonyl (C=O) groups is 2. The third-order valence-corrected chi connectivity index (χ3v) is 2.50. The van der Waals surface area contributed by atoms with Crippen molar-refractivity contribution < 1.29 is 27.9 Å². The van der Waals surface area contributed by atoms with Crippen LogP contribution in [0.2, 0.25) is 0 Å². The minimum atomic E-state index is -1.34. The molecule has 1 unspecified atom stereocenters. The number of aliphatic hydroxyl groups excluding tert-OH is 1. The number of rotatable bonds is 4. The van der Waals surface area contributed by atoms with Gasteiger partial charge in [-0.05, 0) is 6.42 Å². The molecule has 110 valence electrons. The SMILES string of the molecule is CCC(CO)NC(=O)C(=O)Nc1c(F)cc(F)cc1F. The Morgan fingerprint density at radius 2 is 1.75 bits per heavy atom. The van der Waals surface area contributed by atoms with Crippen molar-refractivity contribution in [3.63, 3.8) is 0 Å². The molecule has 20 heavy (non-hydrogen) atoms. The summed E-state index contributed by atoms with van der Waals surface area (Å²) >= 11 is 0. The molecule has 5 nitrogen and oxygen atoms in total. The van der Waals surface area contributed by atoms with Gasteiger partial charge in [-0.1, -0.05) is 6.92 Å². The molecule has 1 aromatic rings. The summed E-state index contributed by atoms with van der Waals surface area (Å²) in [5.41, 5.74) is -0.913. The number of anilines is 1. The van der Waals surface area contributed by atoms with Crippen molar-refractivity contribution in [1.29, 1.82) is 0 Å². The van der Waals surface area contributed by atoms with E-state index in [0.29, 0.717) is 18.6 Å². The molecule has 0 aliphatic carbocycles. The van der Waals surface area contributed by atoms with Gasteiger partial charge >= 0.3 is 11.8 Å². The Balaban J connectivity index is 2.78. The highest BCUT2D eigenvalue weighted by atomic mass is 19.1. The summed E-state index contributed by atoms with van der Waals surface area (Å²) in [5.74, 6) is -6.29. The van der Waals surface area contributed by atoms with E-state index in [0.717, 1.165) is 0 Å². The van der Waals surface area contributed by atoms with E-state index in [1.165, 1.54) is 0 Å². The topological polar surface area (TPSA) is 78.4 Å². The molecule has 0 radical (unpaired) electrons. The van der Waals surface area contributed by atoms with Crippen LogP contribution in [0.25, 0.3) is 0 Å². The number of amides is 2. The smallest absolute Gasteiger partial charge is 0.313 e. The molecular weight excluding hydrogens is 277 g/mol. The fourth-order valence-corrected chi connectivity index (χ4v) is 1.36. The minimum Gasteiger partial charge on any atom is -0.394 e. The van der Waals surface area contributed by atoms with E-state index < -0.39 is 41.0 Å². The quantitative estimate of drug-likeness (QED) is 0.722. The zero-order chi connectivity index (χ0) is 15.3. The molecular formula is C12H13F3N2O3. The van der Waals surface area contributed by atoms with Gasteiger partial charge in [0.05, 0.1) is 12.6 Å². The van der Waals surface area contributed by atoms with Crippen molar-refractivity contribution in [3.05, 3.63) is 29.6 Å². The van der Waals surface area contributed by atoms with Gasteiger partial charge in [0, 0.05) is 12.1 Å². The maximum absolute atomic E-state index is 13.3. The molecule has 0 saturated heterocycles. The first-order chi connectivity index (χ1) is 9.38. The molecule has 0 spiro atoms. The predicted molar refractivity (Wildman–Crippen MR) is 64.3 cm³/mol. The Hall–Kier alpha value is -2.09. The third-order valence-electron chi connectivity index (χ3n) is 2.50. The van der Waals surface area contributed by atoms with Crippen LogP contribution in [0.5, 0.6) is 0 Å². The van der Waals surface area contributed by atoms with Gasteiger partial charge in [0.1, 0.15) is 11.5 Å². The first-order valence-corrected chi connectivity index (χ1v) is 5.76. The summed E-state index contributed by atoms with van der Waals surface area (Å²) in [4.78, 5) is 22.8. The molecule has 8 heteroatoms. The molecule has 3 N–H and O–H groups in total. The minimum absolute atomic E-state index is 0.370. The van der Waals surface area contributed by atoms with Crippen LogP contribution in [0.3, 0.4) is 0 Å². The lowest BCUT2D eigenvalue weighted by Gasteiger charge is -2.14. The van der Waals surface area contributed by atoms with E-state index in [4.69, 9.17) is 5.11 Å².